The van der Waals surface area contributed by atoms with Crippen molar-refractivity contribution in [3.63, 3.8) is 0 Å². The first kappa shape index (κ1) is 13.7. The molecule has 3 nitrogen and oxygen atoms in total. The number of alkyl halides is 3. The van der Waals surface area contributed by atoms with Crippen molar-refractivity contribution in [2.24, 2.45) is 0 Å². The number of hydrogen-bond donors (Lipinski definition) is 2. The third kappa shape index (κ3) is 4.27. The minimum atomic E-state index is -4.29. The van der Waals surface area contributed by atoms with Crippen molar-refractivity contribution in [2.75, 3.05) is 19.7 Å². The van der Waals surface area contributed by atoms with Gasteiger partial charge in [-0.25, -0.2) is 0 Å². The summed E-state index contributed by atoms with van der Waals surface area (Å²) in [6, 6.07) is -0.470. The molecule has 1 aliphatic rings. The molecule has 0 aromatic rings. The minimum Gasteiger partial charge on any atom is -0.395 e. The fraction of sp³-hybridized carbons (Fsp3) is 1.00. The molecule has 0 radical (unpaired) electrons. The van der Waals surface area contributed by atoms with Crippen molar-refractivity contribution in [3.8, 4) is 0 Å². The summed E-state index contributed by atoms with van der Waals surface area (Å²) in [5, 5.41) is 18.4. The molecule has 0 spiro atoms. The van der Waals surface area contributed by atoms with Crippen LogP contribution in [0.4, 0.5) is 13.2 Å². The zero-order valence-electron chi connectivity index (χ0n) is 9.08. The molecule has 16 heavy (non-hydrogen) atoms. The molecule has 6 heteroatoms. The van der Waals surface area contributed by atoms with E-state index in [0.717, 1.165) is 17.7 Å². The van der Waals surface area contributed by atoms with Gasteiger partial charge in [0.1, 0.15) is 0 Å². The van der Waals surface area contributed by atoms with Crippen LogP contribution in [0, 0.1) is 0 Å². The van der Waals surface area contributed by atoms with Crippen molar-refractivity contribution >= 4 is 0 Å². The monoisotopic (exact) mass is 241 g/mol. The normalized spacial score (nSPS) is 27.4. The highest BCUT2D eigenvalue weighted by Gasteiger charge is 2.36. The number of rotatable bonds is 4. The summed E-state index contributed by atoms with van der Waals surface area (Å²) < 4.78 is 36.9. The first-order chi connectivity index (χ1) is 7.44. The molecule has 1 aliphatic carbocycles. The summed E-state index contributed by atoms with van der Waals surface area (Å²) in [5.74, 6) is 0. The zero-order chi connectivity index (χ0) is 12.2. The van der Waals surface area contributed by atoms with E-state index >= 15 is 0 Å². The molecule has 0 aliphatic heterocycles. The van der Waals surface area contributed by atoms with Crippen LogP contribution in [0.3, 0.4) is 0 Å². The average Bonchev–Trinajstić information content (AvgIpc) is 2.16. The molecule has 0 amide bonds. The third-order valence-corrected chi connectivity index (χ3v) is 2.93. The Hall–Kier alpha value is -0.330. The largest absolute Gasteiger partial charge is 0.401 e. The van der Waals surface area contributed by atoms with Crippen molar-refractivity contribution < 1.29 is 23.4 Å². The number of hydrogen-bond acceptors (Lipinski definition) is 3. The Morgan fingerprint density at radius 3 is 2.31 bits per heavy atom. The SMILES string of the molecule is OCCN(CC(F)(F)F)[C@H]1CCCC[C@@H]1O. The van der Waals surface area contributed by atoms with Crippen LogP contribution in [0.5, 0.6) is 0 Å². The molecule has 0 heterocycles. The van der Waals surface area contributed by atoms with Gasteiger partial charge in [0, 0.05) is 12.6 Å². The molecule has 0 unspecified atom stereocenters. The number of aliphatic hydroxyl groups excluding tert-OH is 2. The average molecular weight is 241 g/mol. The van der Waals surface area contributed by atoms with Crippen LogP contribution >= 0.6 is 0 Å². The van der Waals surface area contributed by atoms with Crippen LogP contribution in [0.1, 0.15) is 25.7 Å². The Morgan fingerprint density at radius 1 is 1.19 bits per heavy atom. The summed E-state index contributed by atoms with van der Waals surface area (Å²) in [7, 11) is 0. The van der Waals surface area contributed by atoms with Crippen LogP contribution in [-0.2, 0) is 0 Å². The van der Waals surface area contributed by atoms with Gasteiger partial charge >= 0.3 is 6.18 Å². The maximum atomic E-state index is 12.3. The fourth-order valence-corrected chi connectivity index (χ4v) is 2.24. The maximum Gasteiger partial charge on any atom is 0.401 e. The Bertz CT molecular complexity index is 211. The number of halogens is 3. The molecule has 0 aromatic carbocycles. The van der Waals surface area contributed by atoms with Crippen molar-refractivity contribution in [3.05, 3.63) is 0 Å². The van der Waals surface area contributed by atoms with Gasteiger partial charge in [-0.3, -0.25) is 4.90 Å². The fourth-order valence-electron chi connectivity index (χ4n) is 2.24. The summed E-state index contributed by atoms with van der Waals surface area (Å²) in [6.07, 6.45) is -2.19. The van der Waals surface area contributed by atoms with Gasteiger partial charge in [-0.15, -0.1) is 0 Å². The first-order valence-corrected chi connectivity index (χ1v) is 5.54. The number of aliphatic hydroxyl groups is 2. The predicted molar refractivity (Wildman–Crippen MR) is 53.0 cm³/mol. The summed E-state index contributed by atoms with van der Waals surface area (Å²) in [4.78, 5) is 1.14. The lowest BCUT2D eigenvalue weighted by atomic mass is 9.91. The lowest BCUT2D eigenvalue weighted by molar-refractivity contribution is -0.158. The smallest absolute Gasteiger partial charge is 0.395 e. The van der Waals surface area contributed by atoms with Crippen LogP contribution in [0.2, 0.25) is 0 Å². The second kappa shape index (κ2) is 5.84. The highest BCUT2D eigenvalue weighted by atomic mass is 19.4. The first-order valence-electron chi connectivity index (χ1n) is 5.54. The zero-order valence-corrected chi connectivity index (χ0v) is 9.08. The van der Waals surface area contributed by atoms with Gasteiger partial charge in [-0.1, -0.05) is 12.8 Å². The Labute approximate surface area is 92.9 Å². The van der Waals surface area contributed by atoms with Crippen molar-refractivity contribution in [2.45, 2.75) is 44.0 Å². The van der Waals surface area contributed by atoms with E-state index in [1.165, 1.54) is 0 Å². The van der Waals surface area contributed by atoms with E-state index in [1.54, 1.807) is 0 Å². The van der Waals surface area contributed by atoms with E-state index in [9.17, 15) is 18.3 Å². The molecule has 0 bridgehead atoms. The standard InChI is InChI=1S/C10H18F3NO2/c11-10(12,13)7-14(5-6-15)8-3-1-2-4-9(8)16/h8-9,15-16H,1-7H2/t8-,9-/m0/s1. The van der Waals surface area contributed by atoms with Crippen molar-refractivity contribution in [1.29, 1.82) is 0 Å². The highest BCUT2D eigenvalue weighted by molar-refractivity contribution is 4.84. The molecule has 1 fully saturated rings. The van der Waals surface area contributed by atoms with Gasteiger partial charge in [0.2, 0.25) is 0 Å². The van der Waals surface area contributed by atoms with Crippen LogP contribution in [-0.4, -0.2) is 53.1 Å². The van der Waals surface area contributed by atoms with E-state index in [2.05, 4.69) is 0 Å². The maximum absolute atomic E-state index is 12.3. The molecule has 1 saturated carbocycles. The Morgan fingerprint density at radius 2 is 1.81 bits per heavy atom. The minimum absolute atomic E-state index is 0.0404. The second-order valence-corrected chi connectivity index (χ2v) is 4.23. The summed E-state index contributed by atoms with van der Waals surface area (Å²) in [5.41, 5.74) is 0. The van der Waals surface area contributed by atoms with Crippen LogP contribution in [0.25, 0.3) is 0 Å². The quantitative estimate of drug-likeness (QED) is 0.776. The molecule has 0 saturated heterocycles. The molecule has 1 rings (SSSR count). The summed E-state index contributed by atoms with van der Waals surface area (Å²) in [6.45, 7) is -1.42. The van der Waals surface area contributed by atoms with Gasteiger partial charge in [0.15, 0.2) is 0 Å². The van der Waals surface area contributed by atoms with E-state index in [0.29, 0.717) is 12.8 Å². The Kier molecular flexibility index (Phi) is 5.01. The molecule has 2 atom stereocenters. The van der Waals surface area contributed by atoms with E-state index in [-0.39, 0.29) is 13.2 Å². The van der Waals surface area contributed by atoms with E-state index < -0.39 is 24.9 Å². The van der Waals surface area contributed by atoms with Gasteiger partial charge < -0.3 is 10.2 Å². The molecule has 2 N–H and O–H groups in total. The third-order valence-electron chi connectivity index (χ3n) is 2.93. The van der Waals surface area contributed by atoms with Crippen LogP contribution in [0.15, 0.2) is 0 Å². The van der Waals surface area contributed by atoms with Gasteiger partial charge in [0.05, 0.1) is 19.3 Å². The number of nitrogens with zero attached hydrogens (tertiary/aromatic N) is 1. The molecular weight excluding hydrogens is 223 g/mol. The lowest BCUT2D eigenvalue weighted by Crippen LogP contribution is -2.50. The van der Waals surface area contributed by atoms with Crippen LogP contribution < -0.4 is 0 Å². The van der Waals surface area contributed by atoms with E-state index in [1.807, 2.05) is 0 Å². The highest BCUT2D eigenvalue weighted by Crippen LogP contribution is 2.26. The molecular formula is C10H18F3NO2. The Balaban J connectivity index is 2.60. The topological polar surface area (TPSA) is 43.7 Å². The summed E-state index contributed by atoms with van der Waals surface area (Å²) >= 11 is 0. The molecule has 0 aromatic heterocycles. The predicted octanol–water partition coefficient (Wildman–Crippen LogP) is 1.15. The van der Waals surface area contributed by atoms with E-state index in [4.69, 9.17) is 5.11 Å². The lowest BCUT2D eigenvalue weighted by Gasteiger charge is -2.37. The van der Waals surface area contributed by atoms with Gasteiger partial charge in [-0.05, 0) is 12.8 Å². The second-order valence-electron chi connectivity index (χ2n) is 4.23. The van der Waals surface area contributed by atoms with Crippen molar-refractivity contribution in [1.82, 2.24) is 4.90 Å². The van der Waals surface area contributed by atoms with Gasteiger partial charge in [0.25, 0.3) is 0 Å². The molecule has 96 valence electrons. The van der Waals surface area contributed by atoms with Gasteiger partial charge in [-0.2, -0.15) is 13.2 Å².